The third kappa shape index (κ3) is 1.98. The van der Waals surface area contributed by atoms with E-state index in [-0.39, 0.29) is 0 Å². The lowest BCUT2D eigenvalue weighted by molar-refractivity contribution is -0.0623. The first-order valence-corrected chi connectivity index (χ1v) is 7.23. The third-order valence-electron chi connectivity index (χ3n) is 4.95. The number of hydrogen-bond donors (Lipinski definition) is 2. The van der Waals surface area contributed by atoms with E-state index in [4.69, 9.17) is 0 Å². The van der Waals surface area contributed by atoms with E-state index < -0.39 is 5.60 Å². The molecule has 1 saturated heterocycles. The molecular weight excluding hydrogens is 222 g/mol. The van der Waals surface area contributed by atoms with Gasteiger partial charge in [0.15, 0.2) is 0 Å². The van der Waals surface area contributed by atoms with Gasteiger partial charge in [0.1, 0.15) is 0 Å². The van der Waals surface area contributed by atoms with Crippen molar-refractivity contribution >= 4 is 0 Å². The SMILES string of the molecule is CCC1CNCCC1(O)C1CC1c1ccccc1. The maximum absolute atomic E-state index is 11.1. The van der Waals surface area contributed by atoms with Crippen LogP contribution in [0.2, 0.25) is 0 Å². The Morgan fingerprint density at radius 2 is 2.11 bits per heavy atom. The van der Waals surface area contributed by atoms with Gasteiger partial charge in [-0.25, -0.2) is 0 Å². The summed E-state index contributed by atoms with van der Waals surface area (Å²) in [5.41, 5.74) is 0.977. The van der Waals surface area contributed by atoms with Crippen LogP contribution in [0, 0.1) is 11.8 Å². The minimum Gasteiger partial charge on any atom is -0.389 e. The topological polar surface area (TPSA) is 32.3 Å². The molecule has 0 aromatic heterocycles. The number of benzene rings is 1. The normalized spacial score (nSPS) is 39.6. The molecule has 1 aromatic rings. The predicted octanol–water partition coefficient (Wildman–Crippen LogP) is 2.54. The summed E-state index contributed by atoms with van der Waals surface area (Å²) in [7, 11) is 0. The molecule has 2 aliphatic rings. The van der Waals surface area contributed by atoms with Gasteiger partial charge in [-0.2, -0.15) is 0 Å². The smallest absolute Gasteiger partial charge is 0.0733 e. The van der Waals surface area contributed by atoms with E-state index in [0.717, 1.165) is 32.4 Å². The first kappa shape index (κ1) is 12.2. The molecule has 2 nitrogen and oxygen atoms in total. The van der Waals surface area contributed by atoms with Crippen molar-refractivity contribution in [2.45, 2.75) is 37.7 Å². The Hall–Kier alpha value is -0.860. The Bertz CT molecular complexity index is 405. The molecule has 1 saturated carbocycles. The van der Waals surface area contributed by atoms with E-state index in [0.29, 0.717) is 17.8 Å². The number of piperidine rings is 1. The summed E-state index contributed by atoms with van der Waals surface area (Å²) in [6.07, 6.45) is 3.15. The molecule has 1 aromatic carbocycles. The van der Waals surface area contributed by atoms with Gasteiger partial charge < -0.3 is 10.4 Å². The average molecular weight is 245 g/mol. The van der Waals surface area contributed by atoms with Gasteiger partial charge in [0.25, 0.3) is 0 Å². The van der Waals surface area contributed by atoms with Gasteiger partial charge in [-0.15, -0.1) is 0 Å². The third-order valence-corrected chi connectivity index (χ3v) is 4.95. The van der Waals surface area contributed by atoms with Crippen LogP contribution in [0.25, 0.3) is 0 Å². The zero-order chi connectivity index (χ0) is 12.6. The van der Waals surface area contributed by atoms with Crippen LogP contribution < -0.4 is 5.32 Å². The summed E-state index contributed by atoms with van der Waals surface area (Å²) in [6.45, 7) is 4.14. The molecule has 1 aliphatic carbocycles. The number of rotatable bonds is 3. The zero-order valence-corrected chi connectivity index (χ0v) is 11.1. The van der Waals surface area contributed by atoms with Crippen molar-refractivity contribution in [3.05, 3.63) is 35.9 Å². The monoisotopic (exact) mass is 245 g/mol. The molecule has 2 heteroatoms. The van der Waals surface area contributed by atoms with Crippen LogP contribution in [0.1, 0.15) is 37.7 Å². The molecule has 0 spiro atoms. The predicted molar refractivity (Wildman–Crippen MR) is 73.5 cm³/mol. The Morgan fingerprint density at radius 3 is 2.83 bits per heavy atom. The Balaban J connectivity index is 1.76. The van der Waals surface area contributed by atoms with Gasteiger partial charge in [0.05, 0.1) is 5.60 Å². The molecule has 4 unspecified atom stereocenters. The molecule has 18 heavy (non-hydrogen) atoms. The summed E-state index contributed by atoms with van der Waals surface area (Å²) in [6, 6.07) is 10.7. The molecule has 0 amide bonds. The van der Waals surface area contributed by atoms with Crippen LogP contribution in [0.5, 0.6) is 0 Å². The molecule has 0 radical (unpaired) electrons. The van der Waals surface area contributed by atoms with E-state index >= 15 is 0 Å². The van der Waals surface area contributed by atoms with Crippen molar-refractivity contribution in [1.82, 2.24) is 5.32 Å². The molecule has 1 heterocycles. The van der Waals surface area contributed by atoms with Gasteiger partial charge in [-0.05, 0) is 43.2 Å². The lowest BCUT2D eigenvalue weighted by Crippen LogP contribution is -2.51. The van der Waals surface area contributed by atoms with Gasteiger partial charge in [0.2, 0.25) is 0 Å². The second kappa shape index (κ2) is 4.67. The summed E-state index contributed by atoms with van der Waals surface area (Å²) in [5.74, 6) is 1.49. The van der Waals surface area contributed by atoms with Crippen LogP contribution in [0.4, 0.5) is 0 Å². The lowest BCUT2D eigenvalue weighted by atomic mass is 9.75. The van der Waals surface area contributed by atoms with E-state index in [9.17, 15) is 5.11 Å². The van der Waals surface area contributed by atoms with Gasteiger partial charge in [-0.3, -0.25) is 0 Å². The maximum atomic E-state index is 11.1. The summed E-state index contributed by atoms with van der Waals surface area (Å²) in [4.78, 5) is 0. The second-order valence-electron chi connectivity index (χ2n) is 5.91. The summed E-state index contributed by atoms with van der Waals surface area (Å²) >= 11 is 0. The quantitative estimate of drug-likeness (QED) is 0.857. The Morgan fingerprint density at radius 1 is 1.33 bits per heavy atom. The average Bonchev–Trinajstić information content (AvgIpc) is 3.21. The molecule has 2 N–H and O–H groups in total. The highest BCUT2D eigenvalue weighted by atomic mass is 16.3. The van der Waals surface area contributed by atoms with Gasteiger partial charge in [-0.1, -0.05) is 37.3 Å². The lowest BCUT2D eigenvalue weighted by Gasteiger charge is -2.41. The van der Waals surface area contributed by atoms with E-state index in [1.54, 1.807) is 0 Å². The highest BCUT2D eigenvalue weighted by Crippen LogP contribution is 2.57. The molecule has 0 bridgehead atoms. The molecule has 3 rings (SSSR count). The fourth-order valence-corrected chi connectivity index (χ4v) is 3.75. The van der Waals surface area contributed by atoms with Crippen molar-refractivity contribution in [3.63, 3.8) is 0 Å². The van der Waals surface area contributed by atoms with Crippen molar-refractivity contribution in [2.75, 3.05) is 13.1 Å². The molecule has 4 atom stereocenters. The van der Waals surface area contributed by atoms with Crippen molar-refractivity contribution in [2.24, 2.45) is 11.8 Å². The highest BCUT2D eigenvalue weighted by Gasteiger charge is 2.55. The van der Waals surface area contributed by atoms with Crippen LogP contribution in [0.15, 0.2) is 30.3 Å². The zero-order valence-electron chi connectivity index (χ0n) is 11.1. The largest absolute Gasteiger partial charge is 0.389 e. The van der Waals surface area contributed by atoms with Crippen LogP contribution in [-0.4, -0.2) is 23.8 Å². The van der Waals surface area contributed by atoms with Crippen LogP contribution in [0.3, 0.4) is 0 Å². The molecule has 98 valence electrons. The number of nitrogens with one attached hydrogen (secondary N) is 1. The Kier molecular flexibility index (Phi) is 3.16. The van der Waals surface area contributed by atoms with Crippen molar-refractivity contribution in [1.29, 1.82) is 0 Å². The van der Waals surface area contributed by atoms with E-state index in [1.165, 1.54) is 5.56 Å². The van der Waals surface area contributed by atoms with E-state index in [1.807, 2.05) is 0 Å². The first-order chi connectivity index (χ1) is 8.75. The minimum absolute atomic E-state index is 0.421. The summed E-state index contributed by atoms with van der Waals surface area (Å²) in [5, 5.41) is 14.5. The van der Waals surface area contributed by atoms with Crippen molar-refractivity contribution < 1.29 is 5.11 Å². The van der Waals surface area contributed by atoms with Crippen LogP contribution >= 0.6 is 0 Å². The standard InChI is InChI=1S/C16H23NO/c1-2-13-11-17-9-8-16(13,18)15-10-14(15)12-6-4-3-5-7-12/h3-7,13-15,17-18H,2,8-11H2,1H3. The molecule has 2 fully saturated rings. The van der Waals surface area contributed by atoms with Crippen molar-refractivity contribution in [3.8, 4) is 0 Å². The van der Waals surface area contributed by atoms with Crippen LogP contribution in [-0.2, 0) is 0 Å². The molecular formula is C16H23NO. The number of hydrogen-bond acceptors (Lipinski definition) is 2. The Labute approximate surface area is 109 Å². The fraction of sp³-hybridized carbons (Fsp3) is 0.625. The van der Waals surface area contributed by atoms with Gasteiger partial charge >= 0.3 is 0 Å². The van der Waals surface area contributed by atoms with Gasteiger partial charge in [0, 0.05) is 12.5 Å². The second-order valence-corrected chi connectivity index (χ2v) is 5.91. The first-order valence-electron chi connectivity index (χ1n) is 7.23. The minimum atomic E-state index is -0.430. The fourth-order valence-electron chi connectivity index (χ4n) is 3.75. The van der Waals surface area contributed by atoms with E-state index in [2.05, 4.69) is 42.6 Å². The maximum Gasteiger partial charge on any atom is 0.0733 e. The highest BCUT2D eigenvalue weighted by molar-refractivity contribution is 5.28. The molecule has 1 aliphatic heterocycles. The summed E-state index contributed by atoms with van der Waals surface area (Å²) < 4.78 is 0. The number of aliphatic hydroxyl groups is 1.